The summed E-state index contributed by atoms with van der Waals surface area (Å²) in [6.45, 7) is 4.01. The largest absolute Gasteiger partial charge is 0.369 e. The molecule has 8 heteroatoms. The second-order valence-electron chi connectivity index (χ2n) is 6.89. The minimum Gasteiger partial charge on any atom is -0.369 e. The number of hydrogen-bond donors (Lipinski definition) is 0. The van der Waals surface area contributed by atoms with Crippen molar-refractivity contribution in [3.8, 4) is 0 Å². The van der Waals surface area contributed by atoms with Gasteiger partial charge in [0.1, 0.15) is 4.32 Å². The van der Waals surface area contributed by atoms with Gasteiger partial charge in [-0.15, -0.1) is 0 Å². The van der Waals surface area contributed by atoms with E-state index in [4.69, 9.17) is 35.4 Å². The molecule has 0 unspecified atom stereocenters. The van der Waals surface area contributed by atoms with E-state index in [-0.39, 0.29) is 5.91 Å². The number of benzene rings is 2. The van der Waals surface area contributed by atoms with Crippen LogP contribution in [0.4, 0.5) is 5.69 Å². The Morgan fingerprint density at radius 3 is 2.41 bits per heavy atom. The molecule has 0 aliphatic carbocycles. The highest BCUT2D eigenvalue weighted by Gasteiger charge is 2.33. The highest BCUT2D eigenvalue weighted by Crippen LogP contribution is 2.33. The number of amides is 1. The molecular weight excluding hydrogens is 445 g/mol. The van der Waals surface area contributed by atoms with E-state index in [1.807, 2.05) is 48.5 Å². The lowest BCUT2D eigenvalue weighted by atomic mass is 10.2. The monoisotopic (exact) mass is 463 g/mol. The van der Waals surface area contributed by atoms with Gasteiger partial charge in [0.05, 0.1) is 11.6 Å². The van der Waals surface area contributed by atoms with Crippen molar-refractivity contribution in [1.82, 2.24) is 9.80 Å². The van der Waals surface area contributed by atoms with Crippen molar-refractivity contribution in [2.75, 3.05) is 37.7 Å². The summed E-state index contributed by atoms with van der Waals surface area (Å²) in [5.74, 6) is -0.0350. The molecule has 2 aliphatic heterocycles. The Bertz CT molecular complexity index is 957. The van der Waals surface area contributed by atoms with Crippen LogP contribution in [0, 0.1) is 0 Å². The van der Waals surface area contributed by atoms with E-state index in [0.29, 0.717) is 20.9 Å². The molecule has 2 heterocycles. The summed E-state index contributed by atoms with van der Waals surface area (Å²) in [5, 5.41) is 1.42. The van der Waals surface area contributed by atoms with Gasteiger partial charge in [0.15, 0.2) is 0 Å². The first-order chi connectivity index (χ1) is 14.0. The third kappa shape index (κ3) is 4.95. The molecule has 2 saturated heterocycles. The molecule has 2 aliphatic rings. The number of thiocarbonyl (C=S) groups is 1. The lowest BCUT2D eigenvalue weighted by molar-refractivity contribution is -0.123. The van der Waals surface area contributed by atoms with Gasteiger partial charge in [-0.3, -0.25) is 14.6 Å². The molecule has 0 atom stereocenters. The Hall–Kier alpha value is -1.57. The fourth-order valence-electron chi connectivity index (χ4n) is 3.35. The van der Waals surface area contributed by atoms with Crippen LogP contribution >= 0.6 is 47.2 Å². The maximum absolute atomic E-state index is 12.9. The topological polar surface area (TPSA) is 26.8 Å². The summed E-state index contributed by atoms with van der Waals surface area (Å²) in [6.07, 6.45) is 1.87. The van der Waals surface area contributed by atoms with Crippen LogP contribution in [0.15, 0.2) is 53.4 Å². The summed E-state index contributed by atoms with van der Waals surface area (Å²) in [5.41, 5.74) is 2.07. The number of thioether (sulfide) groups is 1. The van der Waals surface area contributed by atoms with Gasteiger partial charge in [-0.2, -0.15) is 0 Å². The number of anilines is 1. The third-order valence-corrected chi connectivity index (χ3v) is 6.79. The van der Waals surface area contributed by atoms with Gasteiger partial charge in [0.2, 0.25) is 0 Å². The van der Waals surface area contributed by atoms with Crippen LogP contribution in [-0.4, -0.2) is 52.9 Å². The Balaban J connectivity index is 1.37. The van der Waals surface area contributed by atoms with E-state index >= 15 is 0 Å². The van der Waals surface area contributed by atoms with Crippen LogP contribution in [0.3, 0.4) is 0 Å². The Labute approximate surface area is 190 Å². The molecule has 4 nitrogen and oxygen atoms in total. The molecule has 2 aromatic rings. The molecule has 29 heavy (non-hydrogen) atoms. The van der Waals surface area contributed by atoms with Gasteiger partial charge in [0, 0.05) is 41.9 Å². The fraction of sp³-hybridized carbons (Fsp3) is 0.238. The van der Waals surface area contributed by atoms with Gasteiger partial charge < -0.3 is 4.90 Å². The van der Waals surface area contributed by atoms with Crippen molar-refractivity contribution in [1.29, 1.82) is 0 Å². The third-order valence-electron chi connectivity index (χ3n) is 4.93. The predicted octanol–water partition coefficient (Wildman–Crippen LogP) is 4.97. The molecule has 1 amide bonds. The van der Waals surface area contributed by atoms with E-state index < -0.39 is 0 Å². The van der Waals surface area contributed by atoms with Crippen molar-refractivity contribution in [3.05, 3.63) is 69.0 Å². The number of halogens is 2. The van der Waals surface area contributed by atoms with Gasteiger partial charge in [-0.05, 0) is 42.0 Å². The minimum absolute atomic E-state index is 0.0350. The van der Waals surface area contributed by atoms with Crippen LogP contribution in [0.2, 0.25) is 10.0 Å². The van der Waals surface area contributed by atoms with Crippen LogP contribution in [-0.2, 0) is 4.79 Å². The van der Waals surface area contributed by atoms with Gasteiger partial charge in [-0.1, -0.05) is 65.4 Å². The van der Waals surface area contributed by atoms with Gasteiger partial charge >= 0.3 is 0 Å². The summed E-state index contributed by atoms with van der Waals surface area (Å²) in [6, 6.07) is 15.3. The average molecular weight is 464 g/mol. The summed E-state index contributed by atoms with van der Waals surface area (Å²) in [7, 11) is 0. The Morgan fingerprint density at radius 1 is 1.00 bits per heavy atom. The lowest BCUT2D eigenvalue weighted by Crippen LogP contribution is -2.50. The molecule has 4 rings (SSSR count). The maximum Gasteiger partial charge on any atom is 0.267 e. The van der Waals surface area contributed by atoms with Crippen LogP contribution in [0.25, 0.3) is 6.08 Å². The number of rotatable bonds is 4. The van der Waals surface area contributed by atoms with Crippen LogP contribution < -0.4 is 4.90 Å². The first-order valence-corrected chi connectivity index (χ1v) is 11.2. The molecule has 2 aromatic carbocycles. The number of hydrogen-bond acceptors (Lipinski definition) is 5. The predicted molar refractivity (Wildman–Crippen MR) is 127 cm³/mol. The Morgan fingerprint density at radius 2 is 1.72 bits per heavy atom. The van der Waals surface area contributed by atoms with E-state index in [1.54, 1.807) is 4.90 Å². The average Bonchev–Trinajstić information content (AvgIpc) is 2.98. The highest BCUT2D eigenvalue weighted by molar-refractivity contribution is 8.26. The fourth-order valence-corrected chi connectivity index (χ4v) is 4.90. The standard InChI is InChI=1S/C21H19Cl2N3OS2/c22-16-6-4-15(5-7-16)12-19-20(27)26(21(28)29-19)14-24-8-10-25(11-9-24)18-3-1-2-17(23)13-18/h1-7,12-13H,8-11,14H2/b19-12+. The smallest absolute Gasteiger partial charge is 0.267 e. The summed E-state index contributed by atoms with van der Waals surface area (Å²) >= 11 is 18.9. The van der Waals surface area contributed by atoms with E-state index in [9.17, 15) is 4.79 Å². The highest BCUT2D eigenvalue weighted by atomic mass is 35.5. The maximum atomic E-state index is 12.9. The van der Waals surface area contributed by atoms with Crippen molar-refractivity contribution < 1.29 is 4.79 Å². The minimum atomic E-state index is -0.0350. The zero-order valence-corrected chi connectivity index (χ0v) is 18.7. The van der Waals surface area contributed by atoms with E-state index in [2.05, 4.69) is 15.9 Å². The van der Waals surface area contributed by atoms with Crippen molar-refractivity contribution in [2.24, 2.45) is 0 Å². The zero-order chi connectivity index (χ0) is 20.4. The van der Waals surface area contributed by atoms with Gasteiger partial charge in [0.25, 0.3) is 5.91 Å². The van der Waals surface area contributed by atoms with E-state index in [1.165, 1.54) is 11.8 Å². The zero-order valence-electron chi connectivity index (χ0n) is 15.6. The molecule has 2 fully saturated rings. The second kappa shape index (κ2) is 9.06. The van der Waals surface area contributed by atoms with Crippen LogP contribution in [0.1, 0.15) is 5.56 Å². The SMILES string of the molecule is O=C1/C(=C\c2ccc(Cl)cc2)SC(=S)N1CN1CCN(c2cccc(Cl)c2)CC1. The Kier molecular flexibility index (Phi) is 6.47. The molecular formula is C21H19Cl2N3OS2. The molecule has 150 valence electrons. The van der Waals surface area contributed by atoms with Crippen LogP contribution in [0.5, 0.6) is 0 Å². The normalized spacial score (nSPS) is 19.4. The molecule has 0 aromatic heterocycles. The van der Waals surface area contributed by atoms with Crippen molar-refractivity contribution >= 4 is 69.2 Å². The number of carbonyl (C=O) groups is 1. The molecule has 0 bridgehead atoms. The quantitative estimate of drug-likeness (QED) is 0.470. The van der Waals surface area contributed by atoms with Gasteiger partial charge in [-0.25, -0.2) is 0 Å². The molecule has 0 saturated carbocycles. The first-order valence-electron chi connectivity index (χ1n) is 9.23. The number of nitrogens with zero attached hydrogens (tertiary/aromatic N) is 3. The van der Waals surface area contributed by atoms with E-state index in [0.717, 1.165) is 42.5 Å². The first kappa shape index (κ1) is 20.7. The number of piperazine rings is 1. The molecule has 0 spiro atoms. The molecule has 0 N–H and O–H groups in total. The van der Waals surface area contributed by atoms with Crippen molar-refractivity contribution in [3.63, 3.8) is 0 Å². The second-order valence-corrected chi connectivity index (χ2v) is 9.44. The van der Waals surface area contributed by atoms with Crippen molar-refractivity contribution in [2.45, 2.75) is 0 Å². The summed E-state index contributed by atoms with van der Waals surface area (Å²) < 4.78 is 0.604. The molecule has 0 radical (unpaired) electrons. The summed E-state index contributed by atoms with van der Waals surface area (Å²) in [4.78, 5) is 19.8. The number of carbonyl (C=O) groups excluding carboxylic acids is 1. The lowest BCUT2D eigenvalue weighted by Gasteiger charge is -2.37.